The summed E-state index contributed by atoms with van der Waals surface area (Å²) < 4.78 is 0. The second kappa shape index (κ2) is 34.4. The van der Waals surface area contributed by atoms with Gasteiger partial charge in [0, 0.05) is 25.0 Å². The largest absolute Gasteiger partial charge is 0.396 e. The van der Waals surface area contributed by atoms with E-state index in [-0.39, 0.29) is 0 Å². The Bertz CT molecular complexity index is 166. The van der Waals surface area contributed by atoms with Crippen LogP contribution in [-0.4, -0.2) is 35.0 Å². The lowest BCUT2D eigenvalue weighted by atomic mass is 10.2. The highest BCUT2D eigenvalue weighted by Gasteiger charge is 1.85. The van der Waals surface area contributed by atoms with Crippen molar-refractivity contribution in [3.63, 3.8) is 0 Å². The Morgan fingerprint density at radius 2 is 1.08 bits per heavy atom. The van der Waals surface area contributed by atoms with E-state index in [0.29, 0.717) is 13.2 Å². The molecule has 0 spiro atoms. The van der Waals surface area contributed by atoms with Crippen LogP contribution in [0.4, 0.5) is 0 Å². The molecular formula is C20H43BrO3. The van der Waals surface area contributed by atoms with Gasteiger partial charge in [0.05, 0.1) is 0 Å². The molecule has 24 heavy (non-hydrogen) atoms. The van der Waals surface area contributed by atoms with Crippen molar-refractivity contribution in [3.8, 4) is 0 Å². The Balaban J connectivity index is -0.000000276. The van der Waals surface area contributed by atoms with Gasteiger partial charge in [0.15, 0.2) is 0 Å². The highest BCUT2D eigenvalue weighted by Crippen LogP contribution is 2.01. The predicted molar refractivity (Wildman–Crippen MR) is 110 cm³/mol. The number of aldehydes is 1. The van der Waals surface area contributed by atoms with E-state index in [2.05, 4.69) is 29.8 Å². The topological polar surface area (TPSA) is 57.5 Å². The molecule has 0 aliphatic rings. The first-order valence-electron chi connectivity index (χ1n) is 9.96. The number of alkyl halides is 1. The lowest BCUT2D eigenvalue weighted by Crippen LogP contribution is -1.82. The Morgan fingerprint density at radius 3 is 1.46 bits per heavy atom. The number of halogens is 1. The van der Waals surface area contributed by atoms with Gasteiger partial charge in [-0.3, -0.25) is 0 Å². The molecule has 0 aromatic rings. The lowest BCUT2D eigenvalue weighted by molar-refractivity contribution is -0.107. The standard InChI is InChI=1S/C7H16O.C7H14O.C6H13BrO/c2*1-2-3-4-5-6-7-8;7-5-3-1-2-4-6-8/h8H,2-7H2,1H3;7H,2-6H2,1H3;8H,1-6H2. The summed E-state index contributed by atoms with van der Waals surface area (Å²) in [5.74, 6) is 0. The molecule has 0 aliphatic carbocycles. The molecule has 0 aromatic carbocycles. The maximum absolute atomic E-state index is 9.77. The summed E-state index contributed by atoms with van der Waals surface area (Å²) in [5, 5.41) is 17.8. The summed E-state index contributed by atoms with van der Waals surface area (Å²) in [6, 6.07) is 0. The molecule has 3 nitrogen and oxygen atoms in total. The van der Waals surface area contributed by atoms with Gasteiger partial charge in [-0.25, -0.2) is 0 Å². The van der Waals surface area contributed by atoms with Gasteiger partial charge in [-0.05, 0) is 25.7 Å². The molecule has 0 amide bonds. The molecule has 0 unspecified atom stereocenters. The fraction of sp³-hybridized carbons (Fsp3) is 0.950. The van der Waals surface area contributed by atoms with Crippen LogP contribution in [0.3, 0.4) is 0 Å². The molecule has 0 bridgehead atoms. The number of aliphatic hydroxyl groups excluding tert-OH is 2. The van der Waals surface area contributed by atoms with Crippen molar-refractivity contribution in [3.05, 3.63) is 0 Å². The molecule has 0 heterocycles. The van der Waals surface area contributed by atoms with Crippen LogP contribution in [0.1, 0.15) is 104 Å². The van der Waals surface area contributed by atoms with Crippen LogP contribution in [0, 0.1) is 0 Å². The minimum absolute atomic E-state index is 0.349. The number of unbranched alkanes of at least 4 members (excludes halogenated alkanes) is 11. The summed E-state index contributed by atoms with van der Waals surface area (Å²) in [6.45, 7) is 5.08. The third kappa shape index (κ3) is 43.1. The van der Waals surface area contributed by atoms with Gasteiger partial charge in [0.2, 0.25) is 0 Å². The summed E-state index contributed by atoms with van der Waals surface area (Å²) in [5.41, 5.74) is 0. The first-order chi connectivity index (χ1) is 11.7. The predicted octanol–water partition coefficient (Wildman–Crippen LogP) is 6.04. The van der Waals surface area contributed by atoms with Gasteiger partial charge < -0.3 is 15.0 Å². The molecule has 0 aliphatic heterocycles. The monoisotopic (exact) mass is 410 g/mol. The van der Waals surface area contributed by atoms with Crippen LogP contribution in [0.2, 0.25) is 0 Å². The molecule has 0 saturated heterocycles. The molecular weight excluding hydrogens is 368 g/mol. The van der Waals surface area contributed by atoms with Crippen molar-refractivity contribution in [2.75, 3.05) is 18.5 Å². The number of rotatable bonds is 15. The van der Waals surface area contributed by atoms with Crippen molar-refractivity contribution in [2.45, 2.75) is 104 Å². The zero-order valence-corrected chi connectivity index (χ0v) is 17.9. The maximum Gasteiger partial charge on any atom is 0.119 e. The second-order valence-electron chi connectivity index (χ2n) is 5.98. The van der Waals surface area contributed by atoms with Crippen molar-refractivity contribution in [2.24, 2.45) is 0 Å². The van der Waals surface area contributed by atoms with Crippen LogP contribution < -0.4 is 0 Å². The van der Waals surface area contributed by atoms with Gasteiger partial charge in [-0.15, -0.1) is 0 Å². The normalized spacial score (nSPS) is 9.54. The van der Waals surface area contributed by atoms with Crippen molar-refractivity contribution in [1.82, 2.24) is 0 Å². The molecule has 0 saturated carbocycles. The van der Waals surface area contributed by atoms with E-state index in [4.69, 9.17) is 10.2 Å². The van der Waals surface area contributed by atoms with E-state index in [1.54, 1.807) is 0 Å². The molecule has 0 rings (SSSR count). The van der Waals surface area contributed by atoms with Crippen LogP contribution >= 0.6 is 15.9 Å². The highest BCUT2D eigenvalue weighted by atomic mass is 79.9. The summed E-state index contributed by atoms with van der Waals surface area (Å²) in [6.07, 6.45) is 17.3. The summed E-state index contributed by atoms with van der Waals surface area (Å²) in [7, 11) is 0. The number of carbonyl (C=O) groups excluding carboxylic acids is 1. The number of hydrogen-bond acceptors (Lipinski definition) is 3. The second-order valence-corrected chi connectivity index (χ2v) is 6.77. The fourth-order valence-corrected chi connectivity index (χ4v) is 2.33. The van der Waals surface area contributed by atoms with Crippen LogP contribution in [-0.2, 0) is 4.79 Å². The number of aliphatic hydroxyl groups is 2. The summed E-state index contributed by atoms with van der Waals surface area (Å²) in [4.78, 5) is 9.77. The number of carbonyl (C=O) groups is 1. The van der Waals surface area contributed by atoms with E-state index in [1.165, 1.54) is 64.2 Å². The molecule has 2 N–H and O–H groups in total. The van der Waals surface area contributed by atoms with Crippen molar-refractivity contribution >= 4 is 22.2 Å². The fourth-order valence-electron chi connectivity index (χ4n) is 1.93. The average molecular weight is 411 g/mol. The maximum atomic E-state index is 9.77. The van der Waals surface area contributed by atoms with Gasteiger partial charge in [-0.1, -0.05) is 87.6 Å². The Morgan fingerprint density at radius 1 is 0.667 bits per heavy atom. The SMILES string of the molecule is CCCCCCC=O.CCCCCCCO.OCCCCCCBr. The summed E-state index contributed by atoms with van der Waals surface area (Å²) >= 11 is 3.34. The highest BCUT2D eigenvalue weighted by molar-refractivity contribution is 9.09. The van der Waals surface area contributed by atoms with E-state index in [1.807, 2.05) is 0 Å². The third-order valence-electron chi connectivity index (χ3n) is 3.48. The molecule has 0 aromatic heterocycles. The Labute approximate surface area is 159 Å². The first kappa shape index (κ1) is 28.9. The Hall–Kier alpha value is 0.0700. The first-order valence-corrected chi connectivity index (χ1v) is 11.1. The molecule has 0 radical (unpaired) electrons. The molecule has 4 heteroatoms. The van der Waals surface area contributed by atoms with Gasteiger partial charge >= 0.3 is 0 Å². The van der Waals surface area contributed by atoms with E-state index in [0.717, 1.165) is 37.3 Å². The van der Waals surface area contributed by atoms with Crippen LogP contribution in [0.5, 0.6) is 0 Å². The van der Waals surface area contributed by atoms with Crippen LogP contribution in [0.15, 0.2) is 0 Å². The van der Waals surface area contributed by atoms with E-state index >= 15 is 0 Å². The van der Waals surface area contributed by atoms with E-state index in [9.17, 15) is 4.79 Å². The van der Waals surface area contributed by atoms with Gasteiger partial charge in [0.1, 0.15) is 6.29 Å². The molecule has 0 fully saturated rings. The van der Waals surface area contributed by atoms with Gasteiger partial charge in [0.25, 0.3) is 0 Å². The van der Waals surface area contributed by atoms with Crippen molar-refractivity contribution in [1.29, 1.82) is 0 Å². The van der Waals surface area contributed by atoms with Crippen LogP contribution in [0.25, 0.3) is 0 Å². The Kier molecular flexibility index (Phi) is 41.4. The zero-order valence-electron chi connectivity index (χ0n) is 16.3. The quantitative estimate of drug-likeness (QED) is 0.196. The molecule has 0 atom stereocenters. The number of hydrogen-bond donors (Lipinski definition) is 2. The third-order valence-corrected chi connectivity index (χ3v) is 4.04. The van der Waals surface area contributed by atoms with Gasteiger partial charge in [-0.2, -0.15) is 0 Å². The lowest BCUT2D eigenvalue weighted by Gasteiger charge is -1.93. The molecule has 148 valence electrons. The van der Waals surface area contributed by atoms with Crippen molar-refractivity contribution < 1.29 is 15.0 Å². The smallest absolute Gasteiger partial charge is 0.119 e. The zero-order chi connectivity index (χ0) is 18.7. The minimum Gasteiger partial charge on any atom is -0.396 e. The van der Waals surface area contributed by atoms with E-state index < -0.39 is 0 Å². The average Bonchev–Trinajstić information content (AvgIpc) is 2.61. The minimum atomic E-state index is 0.349.